The van der Waals surface area contributed by atoms with Crippen LogP contribution in [0.15, 0.2) is 48.5 Å². The first-order chi connectivity index (χ1) is 10.5. The van der Waals surface area contributed by atoms with Crippen molar-refractivity contribution < 1.29 is 4.79 Å². The Hall–Kier alpha value is -2.20. The first-order valence-electron chi connectivity index (χ1n) is 7.07. The first-order valence-corrected chi connectivity index (χ1v) is 7.45. The molecule has 116 valence electrons. The first kappa shape index (κ1) is 16.2. The van der Waals surface area contributed by atoms with Gasteiger partial charge >= 0.3 is 6.03 Å². The van der Waals surface area contributed by atoms with Gasteiger partial charge in [-0.15, -0.1) is 0 Å². The van der Waals surface area contributed by atoms with E-state index in [0.717, 1.165) is 16.8 Å². The molecule has 0 atom stereocenters. The molecule has 0 heterocycles. The Labute approximate surface area is 136 Å². The zero-order chi connectivity index (χ0) is 15.9. The van der Waals surface area contributed by atoms with Crippen molar-refractivity contribution in [3.63, 3.8) is 0 Å². The fraction of sp³-hybridized carbons (Fsp3) is 0.235. The van der Waals surface area contributed by atoms with Gasteiger partial charge in [0.05, 0.1) is 0 Å². The predicted molar refractivity (Wildman–Crippen MR) is 91.3 cm³/mol. The molecule has 0 saturated carbocycles. The zero-order valence-corrected chi connectivity index (χ0v) is 13.5. The SMILES string of the molecule is CN(C)c1cccc(CNC(=O)NCc2cccc(Cl)c2)c1. The van der Waals surface area contributed by atoms with Gasteiger partial charge in [0.2, 0.25) is 0 Å². The number of benzene rings is 2. The van der Waals surface area contributed by atoms with E-state index in [1.165, 1.54) is 0 Å². The molecule has 5 heteroatoms. The third-order valence-corrected chi connectivity index (χ3v) is 3.46. The number of halogens is 1. The van der Waals surface area contributed by atoms with Crippen LogP contribution in [0.1, 0.15) is 11.1 Å². The fourth-order valence-electron chi connectivity index (χ4n) is 2.02. The number of nitrogens with zero attached hydrogens (tertiary/aromatic N) is 1. The van der Waals surface area contributed by atoms with Crippen LogP contribution >= 0.6 is 11.6 Å². The highest BCUT2D eigenvalue weighted by Gasteiger charge is 2.02. The van der Waals surface area contributed by atoms with E-state index >= 15 is 0 Å². The van der Waals surface area contributed by atoms with Crippen molar-refractivity contribution in [1.29, 1.82) is 0 Å². The van der Waals surface area contributed by atoms with Gasteiger partial charge in [-0.1, -0.05) is 35.9 Å². The average molecular weight is 318 g/mol. The quantitative estimate of drug-likeness (QED) is 0.887. The number of urea groups is 1. The summed E-state index contributed by atoms with van der Waals surface area (Å²) < 4.78 is 0. The van der Waals surface area contributed by atoms with Gasteiger partial charge in [-0.3, -0.25) is 0 Å². The van der Waals surface area contributed by atoms with Crippen molar-refractivity contribution in [2.45, 2.75) is 13.1 Å². The van der Waals surface area contributed by atoms with Crippen LogP contribution in [-0.2, 0) is 13.1 Å². The normalized spacial score (nSPS) is 10.1. The second-order valence-corrected chi connectivity index (χ2v) is 5.67. The van der Waals surface area contributed by atoms with Crippen molar-refractivity contribution in [3.8, 4) is 0 Å². The van der Waals surface area contributed by atoms with Crippen molar-refractivity contribution in [3.05, 3.63) is 64.7 Å². The molecule has 0 aromatic heterocycles. The number of amides is 2. The Morgan fingerprint density at radius 1 is 1.00 bits per heavy atom. The largest absolute Gasteiger partial charge is 0.378 e. The highest BCUT2D eigenvalue weighted by molar-refractivity contribution is 6.30. The summed E-state index contributed by atoms with van der Waals surface area (Å²) in [5, 5.41) is 6.33. The van der Waals surface area contributed by atoms with Crippen LogP contribution < -0.4 is 15.5 Å². The van der Waals surface area contributed by atoms with Gasteiger partial charge in [0.1, 0.15) is 0 Å². The lowest BCUT2D eigenvalue weighted by molar-refractivity contribution is 0.240. The molecule has 2 rings (SSSR count). The van der Waals surface area contributed by atoms with Crippen LogP contribution in [0, 0.1) is 0 Å². The van der Waals surface area contributed by atoms with Crippen molar-refractivity contribution in [2.75, 3.05) is 19.0 Å². The standard InChI is InChI=1S/C17H20ClN3O/c1-21(2)16-8-4-6-14(10-16)12-20-17(22)19-11-13-5-3-7-15(18)9-13/h3-10H,11-12H2,1-2H3,(H2,19,20,22). The molecule has 2 aromatic rings. The minimum absolute atomic E-state index is 0.199. The van der Waals surface area contributed by atoms with E-state index in [0.29, 0.717) is 18.1 Å². The maximum Gasteiger partial charge on any atom is 0.315 e. The van der Waals surface area contributed by atoms with Gasteiger partial charge < -0.3 is 15.5 Å². The van der Waals surface area contributed by atoms with Crippen LogP contribution in [0.4, 0.5) is 10.5 Å². The van der Waals surface area contributed by atoms with Crippen LogP contribution in [-0.4, -0.2) is 20.1 Å². The molecule has 0 fully saturated rings. The van der Waals surface area contributed by atoms with E-state index < -0.39 is 0 Å². The van der Waals surface area contributed by atoms with Crippen LogP contribution in [0.2, 0.25) is 5.02 Å². The molecule has 0 saturated heterocycles. The van der Waals surface area contributed by atoms with Crippen molar-refractivity contribution in [2.24, 2.45) is 0 Å². The molecule has 2 N–H and O–H groups in total. The Bertz CT molecular complexity index is 643. The summed E-state index contributed by atoms with van der Waals surface area (Å²) in [5.74, 6) is 0. The summed E-state index contributed by atoms with van der Waals surface area (Å²) >= 11 is 5.91. The Morgan fingerprint density at radius 3 is 2.18 bits per heavy atom. The van der Waals surface area contributed by atoms with E-state index in [1.54, 1.807) is 0 Å². The lowest BCUT2D eigenvalue weighted by Gasteiger charge is -2.14. The van der Waals surface area contributed by atoms with Crippen LogP contribution in [0.25, 0.3) is 0 Å². The lowest BCUT2D eigenvalue weighted by Crippen LogP contribution is -2.34. The molecular weight excluding hydrogens is 298 g/mol. The van der Waals surface area contributed by atoms with Crippen LogP contribution in [0.5, 0.6) is 0 Å². The van der Waals surface area contributed by atoms with Gasteiger partial charge in [-0.25, -0.2) is 4.79 Å². The summed E-state index contributed by atoms with van der Waals surface area (Å²) in [5.41, 5.74) is 3.14. The minimum atomic E-state index is -0.199. The van der Waals surface area contributed by atoms with E-state index in [2.05, 4.69) is 16.7 Å². The Kier molecular flexibility index (Phi) is 5.67. The number of carbonyl (C=O) groups excluding carboxylic acids is 1. The third kappa shape index (κ3) is 4.97. The number of hydrogen-bond acceptors (Lipinski definition) is 2. The van der Waals surface area contributed by atoms with Gasteiger partial charge in [-0.2, -0.15) is 0 Å². The molecule has 0 aliphatic rings. The molecule has 4 nitrogen and oxygen atoms in total. The maximum atomic E-state index is 11.8. The Balaban J connectivity index is 1.81. The Morgan fingerprint density at radius 2 is 1.59 bits per heavy atom. The molecule has 2 aromatic carbocycles. The number of rotatable bonds is 5. The van der Waals surface area contributed by atoms with E-state index in [9.17, 15) is 4.79 Å². The zero-order valence-electron chi connectivity index (χ0n) is 12.8. The van der Waals surface area contributed by atoms with Crippen LogP contribution in [0.3, 0.4) is 0 Å². The average Bonchev–Trinajstić information content (AvgIpc) is 2.51. The van der Waals surface area contributed by atoms with E-state index in [-0.39, 0.29) is 6.03 Å². The third-order valence-electron chi connectivity index (χ3n) is 3.22. The topological polar surface area (TPSA) is 44.4 Å². The summed E-state index contributed by atoms with van der Waals surface area (Å²) in [6.07, 6.45) is 0. The van der Waals surface area contributed by atoms with Crippen molar-refractivity contribution >= 4 is 23.3 Å². The highest BCUT2D eigenvalue weighted by atomic mass is 35.5. The highest BCUT2D eigenvalue weighted by Crippen LogP contribution is 2.13. The van der Waals surface area contributed by atoms with Crippen molar-refractivity contribution in [1.82, 2.24) is 10.6 Å². The van der Waals surface area contributed by atoms with Gasteiger partial charge in [0.25, 0.3) is 0 Å². The maximum absolute atomic E-state index is 11.8. The predicted octanol–water partition coefficient (Wildman–Crippen LogP) is 3.41. The van der Waals surface area contributed by atoms with E-state index in [1.807, 2.05) is 61.5 Å². The second-order valence-electron chi connectivity index (χ2n) is 5.23. The molecule has 0 bridgehead atoms. The number of anilines is 1. The molecule has 2 amide bonds. The van der Waals surface area contributed by atoms with Gasteiger partial charge in [0.15, 0.2) is 0 Å². The summed E-state index contributed by atoms with van der Waals surface area (Å²) in [6, 6.07) is 15.3. The number of nitrogens with one attached hydrogen (secondary N) is 2. The summed E-state index contributed by atoms with van der Waals surface area (Å²) in [4.78, 5) is 13.9. The molecule has 0 aliphatic heterocycles. The molecule has 0 aliphatic carbocycles. The second kappa shape index (κ2) is 7.71. The number of hydrogen-bond donors (Lipinski definition) is 2. The monoisotopic (exact) mass is 317 g/mol. The molecular formula is C17H20ClN3O. The van der Waals surface area contributed by atoms with Gasteiger partial charge in [0, 0.05) is 37.9 Å². The molecule has 0 radical (unpaired) electrons. The van der Waals surface area contributed by atoms with E-state index in [4.69, 9.17) is 11.6 Å². The summed E-state index contributed by atoms with van der Waals surface area (Å²) in [6.45, 7) is 0.938. The molecule has 0 unspecified atom stereocenters. The number of carbonyl (C=O) groups is 1. The van der Waals surface area contributed by atoms with Gasteiger partial charge in [-0.05, 0) is 35.4 Å². The fourth-order valence-corrected chi connectivity index (χ4v) is 2.23. The molecule has 22 heavy (non-hydrogen) atoms. The lowest BCUT2D eigenvalue weighted by atomic mass is 10.2. The smallest absolute Gasteiger partial charge is 0.315 e. The summed E-state index contributed by atoms with van der Waals surface area (Å²) in [7, 11) is 3.98. The molecule has 0 spiro atoms. The minimum Gasteiger partial charge on any atom is -0.378 e.